The van der Waals surface area contributed by atoms with Gasteiger partial charge in [0.15, 0.2) is 11.6 Å². The largest absolute Gasteiger partial charge is 0.490 e. The van der Waals surface area contributed by atoms with Crippen molar-refractivity contribution in [2.24, 2.45) is 0 Å². The van der Waals surface area contributed by atoms with Gasteiger partial charge in [-0.05, 0) is 0 Å². The number of hydrogen-bond donors (Lipinski definition) is 1. The van der Waals surface area contributed by atoms with Crippen LogP contribution in [0.2, 0.25) is 0 Å². The maximum atomic E-state index is 13.9. The molecular weight excluding hydrogens is 238 g/mol. The molecule has 5 heteroatoms. The Hall–Kier alpha value is -1.20. The molecule has 0 amide bonds. The lowest BCUT2D eigenvalue weighted by molar-refractivity contribution is 0.229. The number of ether oxygens (including phenoxy) is 1. The highest BCUT2D eigenvalue weighted by atomic mass is 19.1. The molecule has 18 heavy (non-hydrogen) atoms. The second-order valence-corrected chi connectivity index (χ2v) is 4.75. The Kier molecular flexibility index (Phi) is 3.18. The lowest BCUT2D eigenvalue weighted by Crippen LogP contribution is -2.43. The molecule has 2 aliphatic heterocycles. The normalized spacial score (nSPS) is 19.7. The number of nitrogens with one attached hydrogen (secondary N) is 1. The van der Waals surface area contributed by atoms with Crippen LogP contribution in [-0.4, -0.2) is 37.7 Å². The van der Waals surface area contributed by atoms with Crippen molar-refractivity contribution in [1.82, 2.24) is 10.2 Å². The molecule has 0 radical (unpaired) electrons. The quantitative estimate of drug-likeness (QED) is 0.861. The van der Waals surface area contributed by atoms with Gasteiger partial charge in [-0.1, -0.05) is 0 Å². The predicted molar refractivity (Wildman–Crippen MR) is 63.7 cm³/mol. The fourth-order valence-electron chi connectivity index (χ4n) is 2.63. The van der Waals surface area contributed by atoms with Crippen LogP contribution in [0.3, 0.4) is 0 Å². The van der Waals surface area contributed by atoms with Crippen molar-refractivity contribution in [3.63, 3.8) is 0 Å². The zero-order valence-corrected chi connectivity index (χ0v) is 10.1. The summed E-state index contributed by atoms with van der Waals surface area (Å²) in [5.41, 5.74) is 1.32. The lowest BCUT2D eigenvalue weighted by atomic mass is 10.0. The highest BCUT2D eigenvalue weighted by molar-refractivity contribution is 5.44. The second kappa shape index (κ2) is 4.82. The first kappa shape index (κ1) is 11.9. The van der Waals surface area contributed by atoms with Gasteiger partial charge in [-0.15, -0.1) is 0 Å². The number of fused-ring (bicyclic) bond motifs is 1. The monoisotopic (exact) mass is 254 g/mol. The maximum Gasteiger partial charge on any atom is 0.168 e. The zero-order chi connectivity index (χ0) is 12.5. The predicted octanol–water partition coefficient (Wildman–Crippen LogP) is 1.30. The van der Waals surface area contributed by atoms with E-state index >= 15 is 0 Å². The number of nitrogens with zero attached hydrogens (tertiary/aromatic N) is 1. The van der Waals surface area contributed by atoms with E-state index in [-0.39, 0.29) is 5.75 Å². The fourth-order valence-corrected chi connectivity index (χ4v) is 2.63. The van der Waals surface area contributed by atoms with Gasteiger partial charge in [0.05, 0.1) is 6.61 Å². The Balaban J connectivity index is 1.89. The number of piperazine rings is 1. The smallest absolute Gasteiger partial charge is 0.168 e. The molecule has 0 atom stereocenters. The summed E-state index contributed by atoms with van der Waals surface area (Å²) in [5, 5.41) is 3.26. The van der Waals surface area contributed by atoms with E-state index in [0.717, 1.165) is 32.2 Å². The topological polar surface area (TPSA) is 24.5 Å². The Morgan fingerprint density at radius 3 is 2.78 bits per heavy atom. The van der Waals surface area contributed by atoms with Crippen molar-refractivity contribution in [3.8, 4) is 5.75 Å². The average molecular weight is 254 g/mol. The summed E-state index contributed by atoms with van der Waals surface area (Å²) in [6, 6.07) is 0.946. The Bertz CT molecular complexity index is 459. The van der Waals surface area contributed by atoms with Gasteiger partial charge in [0.2, 0.25) is 0 Å². The first-order chi connectivity index (χ1) is 8.75. The zero-order valence-electron chi connectivity index (χ0n) is 10.1. The summed E-state index contributed by atoms with van der Waals surface area (Å²) in [6.07, 6.45) is 0.603. The molecule has 0 bridgehead atoms. The van der Waals surface area contributed by atoms with E-state index in [1.807, 2.05) is 0 Å². The lowest BCUT2D eigenvalue weighted by Gasteiger charge is -2.28. The minimum absolute atomic E-state index is 0.251. The van der Waals surface area contributed by atoms with Gasteiger partial charge in [-0.3, -0.25) is 4.90 Å². The number of rotatable bonds is 2. The fraction of sp³-hybridized carbons (Fsp3) is 0.538. The Labute approximate surface area is 105 Å². The third-order valence-corrected chi connectivity index (χ3v) is 3.59. The molecular formula is C13H16F2N2O. The SMILES string of the molecule is Fc1cc(F)c2c(c1CN1CCNCC1)CCO2. The van der Waals surface area contributed by atoms with Crippen LogP contribution < -0.4 is 10.1 Å². The third-order valence-electron chi connectivity index (χ3n) is 3.59. The molecule has 0 aromatic heterocycles. The molecule has 1 aromatic rings. The summed E-state index contributed by atoms with van der Waals surface area (Å²) in [4.78, 5) is 2.19. The van der Waals surface area contributed by atoms with Gasteiger partial charge >= 0.3 is 0 Å². The second-order valence-electron chi connectivity index (χ2n) is 4.75. The van der Waals surface area contributed by atoms with E-state index in [9.17, 15) is 8.78 Å². The van der Waals surface area contributed by atoms with Gasteiger partial charge in [0.1, 0.15) is 5.82 Å². The van der Waals surface area contributed by atoms with E-state index in [1.165, 1.54) is 0 Å². The van der Waals surface area contributed by atoms with Gasteiger partial charge in [0, 0.05) is 56.3 Å². The summed E-state index contributed by atoms with van der Waals surface area (Å²) < 4.78 is 32.7. The van der Waals surface area contributed by atoms with Crippen LogP contribution >= 0.6 is 0 Å². The summed E-state index contributed by atoms with van der Waals surface area (Å²) in [5.74, 6) is -0.777. The molecule has 0 aliphatic carbocycles. The highest BCUT2D eigenvalue weighted by Gasteiger charge is 2.25. The molecule has 1 fully saturated rings. The average Bonchev–Trinajstić information content (AvgIpc) is 2.85. The summed E-state index contributed by atoms with van der Waals surface area (Å²) in [7, 11) is 0. The van der Waals surface area contributed by atoms with E-state index in [1.54, 1.807) is 0 Å². The molecule has 0 saturated carbocycles. The van der Waals surface area contributed by atoms with E-state index < -0.39 is 11.6 Å². The first-order valence-corrected chi connectivity index (χ1v) is 6.31. The molecule has 98 valence electrons. The maximum absolute atomic E-state index is 13.9. The molecule has 0 spiro atoms. The van der Waals surface area contributed by atoms with Crippen molar-refractivity contribution in [2.75, 3.05) is 32.8 Å². The molecule has 3 rings (SSSR count). The van der Waals surface area contributed by atoms with Crippen LogP contribution in [0.4, 0.5) is 8.78 Å². The standard InChI is InChI=1S/C13H16F2N2O/c14-11-7-12(15)13-9(1-6-18-13)10(11)8-17-4-2-16-3-5-17/h7,16H,1-6,8H2. The van der Waals surface area contributed by atoms with Crippen LogP contribution in [0.15, 0.2) is 6.07 Å². The molecule has 0 unspecified atom stereocenters. The Morgan fingerprint density at radius 2 is 2.00 bits per heavy atom. The van der Waals surface area contributed by atoms with Gasteiger partial charge in [0.25, 0.3) is 0 Å². The van der Waals surface area contributed by atoms with Gasteiger partial charge in [-0.25, -0.2) is 8.78 Å². The van der Waals surface area contributed by atoms with Crippen LogP contribution in [0.25, 0.3) is 0 Å². The molecule has 1 N–H and O–H groups in total. The van der Waals surface area contributed by atoms with Crippen molar-refractivity contribution in [1.29, 1.82) is 0 Å². The van der Waals surface area contributed by atoms with Crippen LogP contribution in [0, 0.1) is 11.6 Å². The van der Waals surface area contributed by atoms with Crippen molar-refractivity contribution in [2.45, 2.75) is 13.0 Å². The summed E-state index contributed by atoms with van der Waals surface area (Å²) >= 11 is 0. The highest BCUT2D eigenvalue weighted by Crippen LogP contribution is 2.33. The van der Waals surface area contributed by atoms with Crippen molar-refractivity contribution >= 4 is 0 Å². The molecule has 1 aromatic carbocycles. The Morgan fingerprint density at radius 1 is 1.22 bits per heavy atom. The summed E-state index contributed by atoms with van der Waals surface area (Å²) in [6.45, 7) is 4.62. The van der Waals surface area contributed by atoms with Crippen molar-refractivity contribution < 1.29 is 13.5 Å². The minimum atomic E-state index is -0.580. The van der Waals surface area contributed by atoms with Crippen LogP contribution in [0.1, 0.15) is 11.1 Å². The van der Waals surface area contributed by atoms with Crippen LogP contribution in [-0.2, 0) is 13.0 Å². The van der Waals surface area contributed by atoms with E-state index in [0.29, 0.717) is 30.7 Å². The van der Waals surface area contributed by atoms with Crippen molar-refractivity contribution in [3.05, 3.63) is 28.8 Å². The molecule has 1 saturated heterocycles. The third kappa shape index (κ3) is 2.08. The number of hydrogen-bond acceptors (Lipinski definition) is 3. The minimum Gasteiger partial charge on any atom is -0.490 e. The van der Waals surface area contributed by atoms with Gasteiger partial charge in [-0.2, -0.15) is 0 Å². The van der Waals surface area contributed by atoms with E-state index in [4.69, 9.17) is 4.74 Å². The van der Waals surface area contributed by atoms with Crippen LogP contribution in [0.5, 0.6) is 5.75 Å². The van der Waals surface area contributed by atoms with Gasteiger partial charge < -0.3 is 10.1 Å². The van der Waals surface area contributed by atoms with E-state index in [2.05, 4.69) is 10.2 Å². The molecule has 2 heterocycles. The first-order valence-electron chi connectivity index (χ1n) is 6.31. The number of halogens is 2. The number of benzene rings is 1. The molecule has 2 aliphatic rings. The molecule has 3 nitrogen and oxygen atoms in total.